The third kappa shape index (κ3) is 6.74. The van der Waals surface area contributed by atoms with Gasteiger partial charge in [0.1, 0.15) is 0 Å². The Kier molecular flexibility index (Phi) is 7.07. The average Bonchev–Trinajstić information content (AvgIpc) is 2.75. The largest absolute Gasteiger partial charge is 0.324 e. The van der Waals surface area contributed by atoms with Crippen LogP contribution in [0.4, 0.5) is 0 Å². The molecule has 2 heterocycles. The van der Waals surface area contributed by atoms with Gasteiger partial charge in [0.2, 0.25) is 0 Å². The zero-order valence-corrected chi connectivity index (χ0v) is 14.3. The van der Waals surface area contributed by atoms with Gasteiger partial charge in [-0.05, 0) is 51.4 Å². The lowest BCUT2D eigenvalue weighted by atomic mass is 10.1. The van der Waals surface area contributed by atoms with Gasteiger partial charge in [0, 0.05) is 44.1 Å². The lowest BCUT2D eigenvalue weighted by Gasteiger charge is -2.27. The molecule has 4 nitrogen and oxygen atoms in total. The molecule has 0 aromatic carbocycles. The number of nitrogens with two attached hydrogens (primary N) is 1. The van der Waals surface area contributed by atoms with Crippen LogP contribution in [0.5, 0.6) is 0 Å². The number of hydrogen-bond donors (Lipinski definition) is 1. The molecule has 1 aliphatic heterocycles. The van der Waals surface area contributed by atoms with Gasteiger partial charge in [0.25, 0.3) is 0 Å². The van der Waals surface area contributed by atoms with Crippen molar-refractivity contribution in [2.75, 3.05) is 33.2 Å². The summed E-state index contributed by atoms with van der Waals surface area (Å²) >= 11 is 0. The second-order valence-corrected chi connectivity index (χ2v) is 6.94. The minimum atomic E-state index is -0.0868. The quantitative estimate of drug-likeness (QED) is 0.872. The van der Waals surface area contributed by atoms with Crippen LogP contribution >= 0.6 is 12.4 Å². The highest BCUT2D eigenvalue weighted by atomic mass is 35.5. The van der Waals surface area contributed by atoms with Gasteiger partial charge in [0.05, 0.1) is 0 Å². The third-order valence-corrected chi connectivity index (χ3v) is 3.75. The lowest BCUT2D eigenvalue weighted by Crippen LogP contribution is -2.44. The van der Waals surface area contributed by atoms with Gasteiger partial charge in [-0.1, -0.05) is 6.07 Å². The van der Waals surface area contributed by atoms with Crippen LogP contribution in [0.1, 0.15) is 25.8 Å². The maximum absolute atomic E-state index is 6.11. The topological polar surface area (TPSA) is 45.4 Å². The van der Waals surface area contributed by atoms with E-state index in [9.17, 15) is 0 Å². The highest BCUT2D eigenvalue weighted by Crippen LogP contribution is 2.19. The number of pyridine rings is 1. The van der Waals surface area contributed by atoms with Crippen LogP contribution in [0.25, 0.3) is 0 Å². The number of rotatable bonds is 6. The Labute approximate surface area is 135 Å². The van der Waals surface area contributed by atoms with Gasteiger partial charge in [-0.15, -0.1) is 12.4 Å². The SMILES string of the molecule is CN(Cc1cccnc1)CC1CCN(CC(C)(C)N)C1.Cl. The molecule has 2 N–H and O–H groups in total. The van der Waals surface area contributed by atoms with E-state index in [4.69, 9.17) is 5.73 Å². The molecule has 1 atom stereocenters. The van der Waals surface area contributed by atoms with Gasteiger partial charge in [0.15, 0.2) is 0 Å². The van der Waals surface area contributed by atoms with E-state index in [0.29, 0.717) is 0 Å². The minimum absolute atomic E-state index is 0. The van der Waals surface area contributed by atoms with E-state index in [0.717, 1.165) is 25.6 Å². The number of likely N-dealkylation sites (tertiary alicyclic amines) is 1. The van der Waals surface area contributed by atoms with Gasteiger partial charge >= 0.3 is 0 Å². The van der Waals surface area contributed by atoms with Crippen molar-refractivity contribution < 1.29 is 0 Å². The minimum Gasteiger partial charge on any atom is -0.324 e. The van der Waals surface area contributed by atoms with Crippen LogP contribution in [0, 0.1) is 5.92 Å². The second-order valence-electron chi connectivity index (χ2n) is 6.94. The lowest BCUT2D eigenvalue weighted by molar-refractivity contribution is 0.236. The predicted octanol–water partition coefficient (Wildman–Crippen LogP) is 1.99. The average molecular weight is 313 g/mol. The maximum atomic E-state index is 6.11. The molecule has 1 aromatic rings. The van der Waals surface area contributed by atoms with E-state index < -0.39 is 0 Å². The second kappa shape index (κ2) is 8.08. The summed E-state index contributed by atoms with van der Waals surface area (Å²) < 4.78 is 0. The smallest absolute Gasteiger partial charge is 0.0312 e. The summed E-state index contributed by atoms with van der Waals surface area (Å²) in [6.45, 7) is 9.70. The predicted molar refractivity (Wildman–Crippen MR) is 90.6 cm³/mol. The van der Waals surface area contributed by atoms with E-state index >= 15 is 0 Å². The Bertz CT molecular complexity index is 404. The van der Waals surface area contributed by atoms with Gasteiger partial charge in [-0.25, -0.2) is 0 Å². The molecule has 0 aliphatic carbocycles. The first-order valence-corrected chi connectivity index (χ1v) is 7.51. The standard InChI is InChI=1S/C16H28N4.ClH/c1-16(2,17)13-20-8-6-15(12-20)11-19(3)10-14-5-4-7-18-9-14;/h4-5,7,9,15H,6,8,10-13,17H2,1-3H3;1H. The van der Waals surface area contributed by atoms with Crippen LogP contribution in [0.15, 0.2) is 24.5 Å². The highest BCUT2D eigenvalue weighted by Gasteiger charge is 2.26. The number of nitrogens with zero attached hydrogens (tertiary/aromatic N) is 3. The normalized spacial score (nSPS) is 19.8. The molecule has 1 aliphatic rings. The Morgan fingerprint density at radius 1 is 1.48 bits per heavy atom. The van der Waals surface area contributed by atoms with Crippen molar-refractivity contribution >= 4 is 12.4 Å². The van der Waals surface area contributed by atoms with Crippen molar-refractivity contribution in [3.63, 3.8) is 0 Å². The molecule has 1 unspecified atom stereocenters. The fourth-order valence-corrected chi connectivity index (χ4v) is 3.09. The molecule has 0 bridgehead atoms. The van der Waals surface area contributed by atoms with Crippen LogP contribution in [0.2, 0.25) is 0 Å². The van der Waals surface area contributed by atoms with Crippen LogP contribution < -0.4 is 5.73 Å². The number of halogens is 1. The highest BCUT2D eigenvalue weighted by molar-refractivity contribution is 5.85. The van der Waals surface area contributed by atoms with Crippen molar-refractivity contribution in [2.24, 2.45) is 11.7 Å². The summed E-state index contributed by atoms with van der Waals surface area (Å²) in [7, 11) is 2.20. The zero-order valence-electron chi connectivity index (χ0n) is 13.5. The van der Waals surface area contributed by atoms with Crippen molar-refractivity contribution in [3.05, 3.63) is 30.1 Å². The molecular formula is C16H29ClN4. The summed E-state index contributed by atoms with van der Waals surface area (Å²) in [5.41, 5.74) is 7.30. The molecule has 0 spiro atoms. The van der Waals surface area contributed by atoms with Crippen LogP contribution in [-0.2, 0) is 6.54 Å². The third-order valence-electron chi connectivity index (χ3n) is 3.75. The van der Waals surface area contributed by atoms with E-state index in [-0.39, 0.29) is 17.9 Å². The first-order valence-electron chi connectivity index (χ1n) is 7.51. The molecule has 1 aromatic heterocycles. The summed E-state index contributed by atoms with van der Waals surface area (Å²) in [5, 5.41) is 0. The molecular weight excluding hydrogens is 284 g/mol. The maximum Gasteiger partial charge on any atom is 0.0312 e. The molecule has 1 saturated heterocycles. The van der Waals surface area contributed by atoms with E-state index in [1.54, 1.807) is 0 Å². The van der Waals surface area contributed by atoms with Crippen LogP contribution in [0.3, 0.4) is 0 Å². The van der Waals surface area contributed by atoms with Crippen molar-refractivity contribution in [2.45, 2.75) is 32.4 Å². The molecule has 0 saturated carbocycles. The van der Waals surface area contributed by atoms with Gasteiger partial charge in [-0.3, -0.25) is 4.98 Å². The van der Waals surface area contributed by atoms with Gasteiger partial charge in [-0.2, -0.15) is 0 Å². The Morgan fingerprint density at radius 2 is 2.24 bits per heavy atom. The first kappa shape index (κ1) is 18.4. The van der Waals surface area contributed by atoms with Gasteiger partial charge < -0.3 is 15.5 Å². The molecule has 2 rings (SSSR count). The van der Waals surface area contributed by atoms with Crippen molar-refractivity contribution in [3.8, 4) is 0 Å². The molecule has 120 valence electrons. The van der Waals surface area contributed by atoms with Crippen molar-refractivity contribution in [1.29, 1.82) is 0 Å². The summed E-state index contributed by atoms with van der Waals surface area (Å²) in [6.07, 6.45) is 5.06. The van der Waals surface area contributed by atoms with E-state index in [2.05, 4.69) is 41.7 Å². The number of hydrogen-bond acceptors (Lipinski definition) is 4. The monoisotopic (exact) mass is 312 g/mol. The summed E-state index contributed by atoms with van der Waals surface area (Å²) in [6, 6.07) is 4.14. The Balaban J connectivity index is 0.00000220. The summed E-state index contributed by atoms with van der Waals surface area (Å²) in [5.74, 6) is 0.763. The molecule has 5 heteroatoms. The number of aromatic nitrogens is 1. The Morgan fingerprint density at radius 3 is 2.86 bits per heavy atom. The summed E-state index contributed by atoms with van der Waals surface area (Å²) in [4.78, 5) is 9.08. The molecule has 1 fully saturated rings. The fourth-order valence-electron chi connectivity index (χ4n) is 3.09. The van der Waals surface area contributed by atoms with Crippen LogP contribution in [-0.4, -0.2) is 53.5 Å². The molecule has 0 radical (unpaired) electrons. The van der Waals surface area contributed by atoms with Crippen molar-refractivity contribution in [1.82, 2.24) is 14.8 Å². The van der Waals surface area contributed by atoms with E-state index in [1.807, 2.05) is 18.5 Å². The van der Waals surface area contributed by atoms with E-state index in [1.165, 1.54) is 25.1 Å². The zero-order chi connectivity index (χ0) is 14.6. The fraction of sp³-hybridized carbons (Fsp3) is 0.688. The Hall–Kier alpha value is -0.680. The molecule has 0 amide bonds. The molecule has 21 heavy (non-hydrogen) atoms. The first-order chi connectivity index (χ1) is 9.42.